The van der Waals surface area contributed by atoms with Crippen molar-refractivity contribution >= 4 is 22.7 Å². The second-order valence-corrected chi connectivity index (χ2v) is 4.37. The van der Waals surface area contributed by atoms with E-state index in [2.05, 4.69) is 20.4 Å². The van der Waals surface area contributed by atoms with Crippen LogP contribution in [0.15, 0.2) is 35.3 Å². The second kappa shape index (κ2) is 5.12. The third-order valence-electron chi connectivity index (χ3n) is 2.81. The number of hydrogen-bond donors (Lipinski definition) is 1. The van der Waals surface area contributed by atoms with Crippen molar-refractivity contribution in [3.05, 3.63) is 36.7 Å². The number of benzene rings is 1. The van der Waals surface area contributed by atoms with Crippen LogP contribution >= 0.6 is 0 Å². The number of hydrogen-bond acceptors (Lipinski definition) is 5. The molecule has 1 N–H and O–H groups in total. The second-order valence-electron chi connectivity index (χ2n) is 4.37. The van der Waals surface area contributed by atoms with Crippen LogP contribution in [-0.2, 0) is 11.3 Å². The summed E-state index contributed by atoms with van der Waals surface area (Å²) in [6.45, 7) is 2.29. The van der Waals surface area contributed by atoms with Crippen molar-refractivity contribution in [3.63, 3.8) is 0 Å². The molecule has 0 aliphatic heterocycles. The lowest BCUT2D eigenvalue weighted by molar-refractivity contribution is -0.116. The van der Waals surface area contributed by atoms with Gasteiger partial charge in [0.1, 0.15) is 18.2 Å². The summed E-state index contributed by atoms with van der Waals surface area (Å²) in [5.41, 5.74) is 2.15. The molecular formula is C13H13N5O2. The number of carbonyl (C=O) groups excluding carboxylic acids is 1. The van der Waals surface area contributed by atoms with Crippen LogP contribution < -0.4 is 5.32 Å². The zero-order chi connectivity index (χ0) is 13.9. The van der Waals surface area contributed by atoms with Gasteiger partial charge in [-0.25, -0.2) is 9.97 Å². The topological polar surface area (TPSA) is 85.8 Å². The van der Waals surface area contributed by atoms with E-state index in [1.54, 1.807) is 36.1 Å². The number of nitrogens with one attached hydrogen (secondary N) is 1. The summed E-state index contributed by atoms with van der Waals surface area (Å²) in [4.78, 5) is 19.9. The number of nitrogens with zero attached hydrogens (tertiary/aromatic N) is 4. The molecule has 0 radical (unpaired) electrons. The molecule has 2 aromatic heterocycles. The fourth-order valence-electron chi connectivity index (χ4n) is 1.91. The zero-order valence-electron chi connectivity index (χ0n) is 10.9. The number of carbonyl (C=O) groups is 1. The summed E-state index contributed by atoms with van der Waals surface area (Å²) in [6.07, 6.45) is 3.36. The highest BCUT2D eigenvalue weighted by atomic mass is 16.3. The van der Waals surface area contributed by atoms with Gasteiger partial charge in [-0.3, -0.25) is 9.48 Å². The van der Waals surface area contributed by atoms with Crippen molar-refractivity contribution < 1.29 is 9.21 Å². The lowest BCUT2D eigenvalue weighted by atomic mass is 10.2. The smallest absolute Gasteiger partial charge is 0.226 e. The van der Waals surface area contributed by atoms with Crippen LogP contribution in [0.3, 0.4) is 0 Å². The Balaban J connectivity index is 1.64. The van der Waals surface area contributed by atoms with Crippen LogP contribution in [0.5, 0.6) is 0 Å². The fraction of sp³-hybridized carbons (Fsp3) is 0.231. The Morgan fingerprint density at radius 2 is 2.35 bits per heavy atom. The summed E-state index contributed by atoms with van der Waals surface area (Å²) in [7, 11) is 0. The van der Waals surface area contributed by atoms with E-state index in [1.807, 2.05) is 0 Å². The summed E-state index contributed by atoms with van der Waals surface area (Å²) in [6, 6.07) is 5.38. The quantitative estimate of drug-likeness (QED) is 0.781. The summed E-state index contributed by atoms with van der Waals surface area (Å²) >= 11 is 0. The van der Waals surface area contributed by atoms with Crippen molar-refractivity contribution in [2.75, 3.05) is 5.32 Å². The average molecular weight is 271 g/mol. The van der Waals surface area contributed by atoms with E-state index in [4.69, 9.17) is 4.42 Å². The highest BCUT2D eigenvalue weighted by Crippen LogP contribution is 2.19. The normalized spacial score (nSPS) is 10.8. The minimum Gasteiger partial charge on any atom is -0.441 e. The van der Waals surface area contributed by atoms with Crippen molar-refractivity contribution in [1.82, 2.24) is 19.7 Å². The van der Waals surface area contributed by atoms with E-state index in [0.29, 0.717) is 30.1 Å². The first-order valence-corrected chi connectivity index (χ1v) is 6.20. The minimum absolute atomic E-state index is 0.0833. The molecule has 2 heterocycles. The SMILES string of the molecule is Cc1nc2cc(NC(=O)CCn3cncn3)ccc2o1. The Morgan fingerprint density at radius 1 is 1.45 bits per heavy atom. The lowest BCUT2D eigenvalue weighted by Gasteiger charge is -2.04. The number of fused-ring (bicyclic) bond motifs is 1. The molecule has 1 aromatic carbocycles. The monoisotopic (exact) mass is 271 g/mol. The van der Waals surface area contributed by atoms with Gasteiger partial charge in [-0.05, 0) is 18.2 Å². The van der Waals surface area contributed by atoms with Crippen molar-refractivity contribution in [2.45, 2.75) is 19.9 Å². The molecule has 0 spiro atoms. The van der Waals surface area contributed by atoms with Crippen molar-refractivity contribution in [3.8, 4) is 0 Å². The summed E-state index contributed by atoms with van der Waals surface area (Å²) in [5, 5.41) is 6.77. The standard InChI is InChI=1S/C13H13N5O2/c1-9-16-11-6-10(2-3-12(11)20-9)17-13(19)4-5-18-8-14-7-15-18/h2-3,6-8H,4-5H2,1H3,(H,17,19). The molecule has 1 amide bonds. The highest BCUT2D eigenvalue weighted by molar-refractivity contribution is 5.92. The predicted molar refractivity (Wildman–Crippen MR) is 72.0 cm³/mol. The molecule has 102 valence electrons. The third-order valence-corrected chi connectivity index (χ3v) is 2.81. The van der Waals surface area contributed by atoms with E-state index in [-0.39, 0.29) is 5.91 Å². The molecule has 3 rings (SSSR count). The van der Waals surface area contributed by atoms with Crippen molar-refractivity contribution in [1.29, 1.82) is 0 Å². The maximum atomic E-state index is 11.8. The Labute approximate surface area is 114 Å². The van der Waals surface area contributed by atoms with E-state index >= 15 is 0 Å². The van der Waals surface area contributed by atoms with Crippen LogP contribution in [0.25, 0.3) is 11.1 Å². The minimum atomic E-state index is -0.0833. The number of aryl methyl sites for hydroxylation is 2. The van der Waals surface area contributed by atoms with Crippen molar-refractivity contribution in [2.24, 2.45) is 0 Å². The average Bonchev–Trinajstić information content (AvgIpc) is 3.04. The van der Waals surface area contributed by atoms with Gasteiger partial charge in [-0.15, -0.1) is 0 Å². The molecule has 0 saturated carbocycles. The van der Waals surface area contributed by atoms with Gasteiger partial charge < -0.3 is 9.73 Å². The number of amides is 1. The zero-order valence-corrected chi connectivity index (χ0v) is 10.9. The van der Waals surface area contributed by atoms with Gasteiger partial charge >= 0.3 is 0 Å². The molecule has 0 aliphatic rings. The lowest BCUT2D eigenvalue weighted by Crippen LogP contribution is -2.14. The van der Waals surface area contributed by atoms with Gasteiger partial charge in [-0.2, -0.15) is 5.10 Å². The molecule has 0 unspecified atom stereocenters. The molecular weight excluding hydrogens is 258 g/mol. The molecule has 7 nitrogen and oxygen atoms in total. The Bertz CT molecular complexity index is 732. The van der Waals surface area contributed by atoms with E-state index in [9.17, 15) is 4.79 Å². The first-order valence-electron chi connectivity index (χ1n) is 6.20. The highest BCUT2D eigenvalue weighted by Gasteiger charge is 2.06. The molecule has 7 heteroatoms. The van der Waals surface area contributed by atoms with Gasteiger partial charge in [-0.1, -0.05) is 0 Å². The third kappa shape index (κ3) is 2.66. The maximum absolute atomic E-state index is 11.8. The van der Waals surface area contributed by atoms with E-state index < -0.39 is 0 Å². The fourth-order valence-corrected chi connectivity index (χ4v) is 1.91. The molecule has 20 heavy (non-hydrogen) atoms. The molecule has 0 atom stereocenters. The van der Waals surface area contributed by atoms with Gasteiger partial charge in [0.2, 0.25) is 5.91 Å². The number of aromatic nitrogens is 4. The molecule has 0 aliphatic carbocycles. The Hall–Kier alpha value is -2.70. The number of anilines is 1. The van der Waals surface area contributed by atoms with Gasteiger partial charge in [0, 0.05) is 19.0 Å². The summed E-state index contributed by atoms with van der Waals surface area (Å²) in [5.74, 6) is 0.523. The number of rotatable bonds is 4. The Morgan fingerprint density at radius 3 is 3.15 bits per heavy atom. The van der Waals surface area contributed by atoms with Crippen LogP contribution in [0, 0.1) is 6.92 Å². The van der Waals surface area contributed by atoms with Crippen LogP contribution in [0.4, 0.5) is 5.69 Å². The van der Waals surface area contributed by atoms with E-state index in [1.165, 1.54) is 6.33 Å². The predicted octanol–water partition coefficient (Wildman–Crippen LogP) is 1.76. The van der Waals surface area contributed by atoms with Gasteiger partial charge in [0.05, 0.1) is 6.54 Å². The summed E-state index contributed by atoms with van der Waals surface area (Å²) < 4.78 is 7.00. The van der Waals surface area contributed by atoms with Crippen LogP contribution in [0.2, 0.25) is 0 Å². The van der Waals surface area contributed by atoms with Gasteiger partial charge in [0.15, 0.2) is 11.5 Å². The molecule has 0 saturated heterocycles. The largest absolute Gasteiger partial charge is 0.441 e. The number of oxazole rings is 1. The van der Waals surface area contributed by atoms with Crippen LogP contribution in [-0.4, -0.2) is 25.7 Å². The van der Waals surface area contributed by atoms with Gasteiger partial charge in [0.25, 0.3) is 0 Å². The molecule has 3 aromatic rings. The molecule has 0 bridgehead atoms. The Kier molecular flexibility index (Phi) is 3.16. The van der Waals surface area contributed by atoms with Crippen LogP contribution in [0.1, 0.15) is 12.3 Å². The maximum Gasteiger partial charge on any atom is 0.226 e. The molecule has 0 fully saturated rings. The first kappa shape index (κ1) is 12.3. The first-order chi connectivity index (χ1) is 9.70. The van der Waals surface area contributed by atoms with E-state index in [0.717, 1.165) is 5.52 Å².